The van der Waals surface area contributed by atoms with Gasteiger partial charge < -0.3 is 14.7 Å². The summed E-state index contributed by atoms with van der Waals surface area (Å²) in [6, 6.07) is 4.20. The molecule has 2 heterocycles. The van der Waals surface area contributed by atoms with Crippen LogP contribution in [-0.4, -0.2) is 43.4 Å². The van der Waals surface area contributed by atoms with Gasteiger partial charge in [-0.3, -0.25) is 0 Å². The Bertz CT molecular complexity index is 346. The summed E-state index contributed by atoms with van der Waals surface area (Å²) >= 11 is 5.22. The average Bonchev–Trinajstić information content (AvgIpc) is 2.57. The van der Waals surface area contributed by atoms with Gasteiger partial charge in [-0.05, 0) is 35.1 Å². The molecule has 2 rings (SSSR count). The highest BCUT2D eigenvalue weighted by Gasteiger charge is 2.38. The van der Waals surface area contributed by atoms with E-state index in [-0.39, 0.29) is 12.0 Å². The standard InChI is InChI=1S/C11H16BrNO2S/c1-13(4-9-2-3-10(12)16-9)5-11(6-14)7-15-8-11/h2-3,14H,4-8H2,1H3. The first kappa shape index (κ1) is 12.5. The second-order valence-corrected chi connectivity index (χ2v) is 7.08. The van der Waals surface area contributed by atoms with Crippen LogP contribution in [0.3, 0.4) is 0 Å². The van der Waals surface area contributed by atoms with Crippen LogP contribution < -0.4 is 0 Å². The van der Waals surface area contributed by atoms with Gasteiger partial charge in [0.2, 0.25) is 0 Å². The van der Waals surface area contributed by atoms with Crippen LogP contribution in [0.2, 0.25) is 0 Å². The van der Waals surface area contributed by atoms with Crippen molar-refractivity contribution in [3.8, 4) is 0 Å². The minimum absolute atomic E-state index is 0.0246. The van der Waals surface area contributed by atoms with Gasteiger partial charge in [-0.2, -0.15) is 0 Å². The van der Waals surface area contributed by atoms with Crippen molar-refractivity contribution in [1.29, 1.82) is 0 Å². The van der Waals surface area contributed by atoms with Crippen LogP contribution in [0.1, 0.15) is 4.88 Å². The molecular formula is C11H16BrNO2S. The highest BCUT2D eigenvalue weighted by atomic mass is 79.9. The summed E-state index contributed by atoms with van der Waals surface area (Å²) in [5.74, 6) is 0. The van der Waals surface area contributed by atoms with E-state index in [0.717, 1.165) is 13.1 Å². The summed E-state index contributed by atoms with van der Waals surface area (Å²) < 4.78 is 6.36. The molecule has 16 heavy (non-hydrogen) atoms. The van der Waals surface area contributed by atoms with Crippen LogP contribution in [0.5, 0.6) is 0 Å². The minimum atomic E-state index is -0.0246. The number of hydrogen-bond donors (Lipinski definition) is 1. The molecule has 0 bridgehead atoms. The monoisotopic (exact) mass is 305 g/mol. The van der Waals surface area contributed by atoms with Gasteiger partial charge >= 0.3 is 0 Å². The molecule has 0 radical (unpaired) electrons. The molecule has 0 saturated carbocycles. The van der Waals surface area contributed by atoms with Crippen LogP contribution in [-0.2, 0) is 11.3 Å². The second kappa shape index (κ2) is 5.14. The van der Waals surface area contributed by atoms with Crippen molar-refractivity contribution in [2.75, 3.05) is 33.4 Å². The summed E-state index contributed by atoms with van der Waals surface area (Å²) in [4.78, 5) is 3.58. The molecule has 1 fully saturated rings. The molecule has 5 heteroatoms. The summed E-state index contributed by atoms with van der Waals surface area (Å²) in [6.07, 6.45) is 0. The van der Waals surface area contributed by atoms with Gasteiger partial charge in [-0.1, -0.05) is 0 Å². The van der Waals surface area contributed by atoms with E-state index in [1.54, 1.807) is 11.3 Å². The van der Waals surface area contributed by atoms with E-state index in [4.69, 9.17) is 4.74 Å². The molecule has 1 aromatic heterocycles. The molecule has 1 saturated heterocycles. The topological polar surface area (TPSA) is 32.7 Å². The van der Waals surface area contributed by atoms with Crippen molar-refractivity contribution in [2.24, 2.45) is 5.41 Å². The normalized spacial score (nSPS) is 18.8. The Morgan fingerprint density at radius 1 is 1.56 bits per heavy atom. The zero-order valence-corrected chi connectivity index (χ0v) is 11.7. The van der Waals surface area contributed by atoms with E-state index in [0.29, 0.717) is 13.2 Å². The maximum absolute atomic E-state index is 9.34. The Morgan fingerprint density at radius 3 is 2.75 bits per heavy atom. The number of aliphatic hydroxyl groups excluding tert-OH is 1. The lowest BCUT2D eigenvalue weighted by Crippen LogP contribution is -2.52. The average molecular weight is 306 g/mol. The molecule has 0 unspecified atom stereocenters. The van der Waals surface area contributed by atoms with Crippen LogP contribution >= 0.6 is 27.3 Å². The molecule has 0 aromatic carbocycles. The largest absolute Gasteiger partial charge is 0.396 e. The molecule has 0 atom stereocenters. The predicted octanol–water partition coefficient (Wildman–Crippen LogP) is 1.95. The molecule has 1 aliphatic heterocycles. The summed E-state index contributed by atoms with van der Waals surface area (Å²) in [6.45, 7) is 3.40. The van der Waals surface area contributed by atoms with E-state index in [9.17, 15) is 5.11 Å². The first-order valence-corrected chi connectivity index (χ1v) is 6.86. The first-order chi connectivity index (χ1) is 7.63. The maximum atomic E-state index is 9.34. The molecule has 0 spiro atoms. The van der Waals surface area contributed by atoms with Crippen LogP contribution in [0.4, 0.5) is 0 Å². The van der Waals surface area contributed by atoms with Crippen molar-refractivity contribution in [3.63, 3.8) is 0 Å². The summed E-state index contributed by atoms with van der Waals surface area (Å²) in [5, 5.41) is 9.34. The molecule has 0 aliphatic carbocycles. The van der Waals surface area contributed by atoms with Crippen molar-refractivity contribution in [3.05, 3.63) is 20.8 Å². The fourth-order valence-corrected chi connectivity index (χ4v) is 3.52. The van der Waals surface area contributed by atoms with Gasteiger partial charge in [0.1, 0.15) is 0 Å². The molecule has 1 aromatic rings. The highest BCUT2D eigenvalue weighted by Crippen LogP contribution is 2.29. The lowest BCUT2D eigenvalue weighted by molar-refractivity contribution is -0.146. The third kappa shape index (κ3) is 2.84. The number of halogens is 1. The van der Waals surface area contributed by atoms with Gasteiger partial charge in [0.05, 0.1) is 29.0 Å². The first-order valence-electron chi connectivity index (χ1n) is 5.25. The number of aliphatic hydroxyl groups is 1. The van der Waals surface area contributed by atoms with Crippen LogP contribution in [0.25, 0.3) is 0 Å². The van der Waals surface area contributed by atoms with Gasteiger partial charge in [-0.25, -0.2) is 0 Å². The van der Waals surface area contributed by atoms with Crippen molar-refractivity contribution >= 4 is 27.3 Å². The Hall–Kier alpha value is 0.0600. The molecule has 1 N–H and O–H groups in total. The fraction of sp³-hybridized carbons (Fsp3) is 0.636. The van der Waals surface area contributed by atoms with Crippen molar-refractivity contribution in [2.45, 2.75) is 6.54 Å². The summed E-state index contributed by atoms with van der Waals surface area (Å²) in [5.41, 5.74) is -0.0246. The third-order valence-electron chi connectivity index (χ3n) is 2.81. The SMILES string of the molecule is CN(Cc1ccc(Br)s1)CC1(CO)COC1. The van der Waals surface area contributed by atoms with Crippen LogP contribution in [0.15, 0.2) is 15.9 Å². The van der Waals surface area contributed by atoms with Gasteiger partial charge in [0, 0.05) is 18.0 Å². The van der Waals surface area contributed by atoms with E-state index < -0.39 is 0 Å². The Labute approximate surface area is 108 Å². The van der Waals surface area contributed by atoms with E-state index in [2.05, 4.69) is 40.0 Å². The predicted molar refractivity (Wildman–Crippen MR) is 68.7 cm³/mol. The molecule has 0 amide bonds. The number of rotatable bonds is 5. The third-order valence-corrected chi connectivity index (χ3v) is 4.42. The van der Waals surface area contributed by atoms with E-state index in [1.807, 2.05) is 0 Å². The lowest BCUT2D eigenvalue weighted by atomic mass is 9.86. The number of nitrogens with zero attached hydrogens (tertiary/aromatic N) is 1. The molecule has 3 nitrogen and oxygen atoms in total. The number of ether oxygens (including phenoxy) is 1. The van der Waals surface area contributed by atoms with Crippen molar-refractivity contribution in [1.82, 2.24) is 4.90 Å². The smallest absolute Gasteiger partial charge is 0.0701 e. The van der Waals surface area contributed by atoms with Gasteiger partial charge in [-0.15, -0.1) is 11.3 Å². The second-order valence-electron chi connectivity index (χ2n) is 4.53. The van der Waals surface area contributed by atoms with Crippen molar-refractivity contribution < 1.29 is 9.84 Å². The number of hydrogen-bond acceptors (Lipinski definition) is 4. The summed E-state index contributed by atoms with van der Waals surface area (Å²) in [7, 11) is 2.09. The fourth-order valence-electron chi connectivity index (χ4n) is 1.95. The Morgan fingerprint density at radius 2 is 2.31 bits per heavy atom. The van der Waals surface area contributed by atoms with Crippen LogP contribution in [0, 0.1) is 5.41 Å². The molecular weight excluding hydrogens is 290 g/mol. The number of thiophene rings is 1. The zero-order chi connectivity index (χ0) is 11.6. The van der Waals surface area contributed by atoms with Gasteiger partial charge in [0.15, 0.2) is 0 Å². The Kier molecular flexibility index (Phi) is 4.02. The highest BCUT2D eigenvalue weighted by molar-refractivity contribution is 9.11. The zero-order valence-electron chi connectivity index (χ0n) is 9.28. The molecule has 90 valence electrons. The van der Waals surface area contributed by atoms with E-state index in [1.165, 1.54) is 8.66 Å². The Balaban J connectivity index is 1.86. The van der Waals surface area contributed by atoms with E-state index >= 15 is 0 Å². The molecule has 1 aliphatic rings. The quantitative estimate of drug-likeness (QED) is 0.902. The maximum Gasteiger partial charge on any atom is 0.0701 e. The minimum Gasteiger partial charge on any atom is -0.396 e. The van der Waals surface area contributed by atoms with Gasteiger partial charge in [0.25, 0.3) is 0 Å². The lowest BCUT2D eigenvalue weighted by Gasteiger charge is -2.42.